The van der Waals surface area contributed by atoms with Crippen molar-refractivity contribution in [2.45, 2.75) is 4.90 Å². The second-order valence-corrected chi connectivity index (χ2v) is 7.51. The quantitative estimate of drug-likeness (QED) is 0.365. The van der Waals surface area contributed by atoms with Crippen molar-refractivity contribution in [3.05, 3.63) is 53.5 Å². The third-order valence-corrected chi connectivity index (χ3v) is 5.64. The molecule has 0 saturated heterocycles. The van der Waals surface area contributed by atoms with Gasteiger partial charge >= 0.3 is 0 Å². The lowest BCUT2D eigenvalue weighted by Crippen LogP contribution is -2.20. The fourth-order valence-electron chi connectivity index (χ4n) is 2.62. The SMILES string of the molecule is COc1ccc(-c2cn(S(=O)(=O)c3c(F)c(F)c(F)c(F)c3F)nc2N)cc1OC. The molecular formula is C17H12F5N3O4S. The molecule has 0 atom stereocenters. The van der Waals surface area contributed by atoms with Gasteiger partial charge in [0.1, 0.15) is 0 Å². The lowest BCUT2D eigenvalue weighted by molar-refractivity contribution is 0.355. The van der Waals surface area contributed by atoms with Gasteiger partial charge in [0, 0.05) is 5.56 Å². The van der Waals surface area contributed by atoms with Crippen molar-refractivity contribution >= 4 is 15.8 Å². The Morgan fingerprint density at radius 2 is 1.43 bits per heavy atom. The van der Waals surface area contributed by atoms with E-state index in [9.17, 15) is 30.4 Å². The number of aromatic nitrogens is 2. The maximum absolute atomic E-state index is 14.0. The molecule has 0 radical (unpaired) electrons. The summed E-state index contributed by atoms with van der Waals surface area (Å²) in [5, 5.41) is 3.46. The second kappa shape index (κ2) is 7.48. The summed E-state index contributed by atoms with van der Waals surface area (Å²) in [7, 11) is -2.59. The summed E-state index contributed by atoms with van der Waals surface area (Å²) in [6.07, 6.45) is 0.768. The minimum atomic E-state index is -5.33. The van der Waals surface area contributed by atoms with Crippen LogP contribution in [0.1, 0.15) is 0 Å². The van der Waals surface area contributed by atoms with Crippen LogP contribution in [0.2, 0.25) is 0 Å². The Bertz CT molecular complexity index is 1230. The summed E-state index contributed by atoms with van der Waals surface area (Å²) in [4.78, 5) is -2.06. The molecule has 3 rings (SSSR count). The number of halogens is 5. The van der Waals surface area contributed by atoms with Gasteiger partial charge in [-0.3, -0.25) is 0 Å². The molecule has 1 heterocycles. The largest absolute Gasteiger partial charge is 0.493 e. The summed E-state index contributed by atoms with van der Waals surface area (Å²) in [5.74, 6) is -12.1. The van der Waals surface area contributed by atoms with Crippen LogP contribution < -0.4 is 15.2 Å². The molecule has 13 heteroatoms. The van der Waals surface area contributed by atoms with Gasteiger partial charge in [-0.15, -0.1) is 5.10 Å². The first-order valence-electron chi connectivity index (χ1n) is 7.89. The lowest BCUT2D eigenvalue weighted by Gasteiger charge is -2.09. The molecule has 0 aliphatic rings. The number of ether oxygens (including phenoxy) is 2. The topological polar surface area (TPSA) is 96.4 Å². The van der Waals surface area contributed by atoms with Crippen molar-refractivity contribution in [1.29, 1.82) is 0 Å². The molecule has 0 fully saturated rings. The Balaban J connectivity index is 2.19. The van der Waals surface area contributed by atoms with Crippen LogP contribution in [0.4, 0.5) is 27.8 Å². The number of anilines is 1. The minimum Gasteiger partial charge on any atom is -0.493 e. The molecule has 0 unspecified atom stereocenters. The highest BCUT2D eigenvalue weighted by Crippen LogP contribution is 2.35. The van der Waals surface area contributed by atoms with Crippen LogP contribution in [-0.4, -0.2) is 31.8 Å². The number of nitrogen functional groups attached to an aromatic ring is 1. The smallest absolute Gasteiger partial charge is 0.289 e. The Morgan fingerprint density at radius 3 is 1.97 bits per heavy atom. The average Bonchev–Trinajstić information content (AvgIpc) is 3.12. The van der Waals surface area contributed by atoms with Crippen LogP contribution in [0.25, 0.3) is 11.1 Å². The highest BCUT2D eigenvalue weighted by atomic mass is 32.2. The Hall–Kier alpha value is -3.35. The first-order valence-corrected chi connectivity index (χ1v) is 9.33. The molecular weight excluding hydrogens is 437 g/mol. The zero-order chi connectivity index (χ0) is 22.4. The molecule has 3 aromatic rings. The van der Waals surface area contributed by atoms with E-state index in [4.69, 9.17) is 15.2 Å². The molecule has 0 amide bonds. The maximum atomic E-state index is 14.0. The number of methoxy groups -OCH3 is 2. The van der Waals surface area contributed by atoms with Gasteiger partial charge in [0.15, 0.2) is 45.5 Å². The summed E-state index contributed by atoms with van der Waals surface area (Å²) >= 11 is 0. The monoisotopic (exact) mass is 449 g/mol. The van der Waals surface area contributed by atoms with Gasteiger partial charge in [-0.05, 0) is 17.7 Å². The standard InChI is InChI=1S/C17H12F5N3O4S/c1-28-9-4-3-7(5-10(9)29-2)8-6-25(24-17(8)23)30(26,27)16-14(21)12(19)11(18)13(20)15(16)22/h3-6H,1-2H3,(H2,23,24). The van der Waals surface area contributed by atoms with Gasteiger partial charge in [0.25, 0.3) is 10.0 Å². The van der Waals surface area contributed by atoms with Gasteiger partial charge in [-0.2, -0.15) is 12.5 Å². The Labute approximate surface area is 166 Å². The number of hydrogen-bond donors (Lipinski definition) is 1. The van der Waals surface area contributed by atoms with Crippen molar-refractivity contribution < 1.29 is 39.8 Å². The molecule has 7 nitrogen and oxygen atoms in total. The molecule has 0 bridgehead atoms. The van der Waals surface area contributed by atoms with Crippen molar-refractivity contribution in [2.24, 2.45) is 0 Å². The zero-order valence-electron chi connectivity index (χ0n) is 15.2. The molecule has 30 heavy (non-hydrogen) atoms. The highest BCUT2D eigenvalue weighted by molar-refractivity contribution is 7.89. The van der Waals surface area contributed by atoms with Crippen molar-refractivity contribution in [3.63, 3.8) is 0 Å². The molecule has 160 valence electrons. The van der Waals surface area contributed by atoms with E-state index >= 15 is 0 Å². The Kier molecular flexibility index (Phi) is 5.33. The summed E-state index contributed by atoms with van der Waals surface area (Å²) in [6, 6.07) is 4.36. The molecule has 0 saturated carbocycles. The van der Waals surface area contributed by atoms with E-state index in [1.807, 2.05) is 0 Å². The summed E-state index contributed by atoms with van der Waals surface area (Å²) in [6.45, 7) is 0. The van der Waals surface area contributed by atoms with Gasteiger partial charge in [-0.25, -0.2) is 22.0 Å². The molecule has 0 aliphatic carbocycles. The third-order valence-electron chi connectivity index (χ3n) is 4.09. The van der Waals surface area contributed by atoms with E-state index in [1.54, 1.807) is 0 Å². The first-order chi connectivity index (χ1) is 14.0. The summed E-state index contributed by atoms with van der Waals surface area (Å²) < 4.78 is 103. The number of nitrogens with two attached hydrogens (primary N) is 1. The predicted molar refractivity (Wildman–Crippen MR) is 94.0 cm³/mol. The van der Waals surface area contributed by atoms with Crippen molar-refractivity contribution in [1.82, 2.24) is 9.19 Å². The van der Waals surface area contributed by atoms with E-state index in [-0.39, 0.29) is 21.0 Å². The van der Waals surface area contributed by atoms with Crippen LogP contribution in [0.5, 0.6) is 11.5 Å². The van der Waals surface area contributed by atoms with Crippen molar-refractivity contribution in [3.8, 4) is 22.6 Å². The molecule has 0 aliphatic heterocycles. The van der Waals surface area contributed by atoms with Crippen molar-refractivity contribution in [2.75, 3.05) is 20.0 Å². The maximum Gasteiger partial charge on any atom is 0.289 e. The first kappa shape index (κ1) is 21.4. The summed E-state index contributed by atoms with van der Waals surface area (Å²) in [5.41, 5.74) is 5.98. The van der Waals surface area contributed by atoms with Gasteiger partial charge in [0.2, 0.25) is 5.82 Å². The van der Waals surface area contributed by atoms with E-state index in [2.05, 4.69) is 5.10 Å². The molecule has 1 aromatic heterocycles. The Morgan fingerprint density at radius 1 is 0.900 bits per heavy atom. The van der Waals surface area contributed by atoms with Gasteiger partial charge in [-0.1, -0.05) is 6.07 Å². The van der Waals surface area contributed by atoms with Crippen LogP contribution in [0.15, 0.2) is 29.3 Å². The fourth-order valence-corrected chi connectivity index (χ4v) is 3.88. The van der Waals surface area contributed by atoms with E-state index in [0.29, 0.717) is 5.75 Å². The predicted octanol–water partition coefficient (Wildman–Crippen LogP) is 3.08. The van der Waals surface area contributed by atoms with Crippen LogP contribution >= 0.6 is 0 Å². The van der Waals surface area contributed by atoms with Crippen LogP contribution in [0.3, 0.4) is 0 Å². The lowest BCUT2D eigenvalue weighted by atomic mass is 10.1. The van der Waals surface area contributed by atoms with Gasteiger partial charge in [0.05, 0.1) is 20.4 Å². The zero-order valence-corrected chi connectivity index (χ0v) is 16.0. The van der Waals surface area contributed by atoms with Crippen LogP contribution in [-0.2, 0) is 10.0 Å². The van der Waals surface area contributed by atoms with E-state index in [1.165, 1.54) is 32.4 Å². The normalized spacial score (nSPS) is 11.6. The minimum absolute atomic E-state index is 0.0107. The average molecular weight is 449 g/mol. The van der Waals surface area contributed by atoms with E-state index < -0.39 is 49.8 Å². The second-order valence-electron chi connectivity index (χ2n) is 5.77. The third kappa shape index (κ3) is 3.20. The molecule has 2 N–H and O–H groups in total. The fraction of sp³-hybridized carbons (Fsp3) is 0.118. The van der Waals surface area contributed by atoms with Crippen LogP contribution in [0, 0.1) is 29.1 Å². The number of nitrogens with zero attached hydrogens (tertiary/aromatic N) is 2. The van der Waals surface area contributed by atoms with E-state index in [0.717, 1.165) is 6.20 Å². The van der Waals surface area contributed by atoms with Gasteiger partial charge < -0.3 is 15.2 Å². The molecule has 2 aromatic carbocycles. The molecule has 0 spiro atoms. The highest BCUT2D eigenvalue weighted by Gasteiger charge is 2.35. The number of benzene rings is 2. The number of rotatable bonds is 5. The number of hydrogen-bond acceptors (Lipinski definition) is 6.